The van der Waals surface area contributed by atoms with Crippen molar-refractivity contribution >= 4 is 36.7 Å². The summed E-state index contributed by atoms with van der Waals surface area (Å²) < 4.78 is 30.4. The van der Waals surface area contributed by atoms with Gasteiger partial charge < -0.3 is 19.1 Å². The molecule has 0 unspecified atom stereocenters. The van der Waals surface area contributed by atoms with Gasteiger partial charge in [-0.25, -0.2) is 0 Å². The summed E-state index contributed by atoms with van der Waals surface area (Å²) >= 11 is 11.9. The second-order valence-corrected chi connectivity index (χ2v) is 9.41. The summed E-state index contributed by atoms with van der Waals surface area (Å²) in [5.41, 5.74) is 0.617. The van der Waals surface area contributed by atoms with Crippen LogP contribution in [0.3, 0.4) is 0 Å². The molecule has 0 bridgehead atoms. The van der Waals surface area contributed by atoms with Crippen LogP contribution in [0, 0.1) is 0 Å². The van der Waals surface area contributed by atoms with Crippen molar-refractivity contribution in [3.8, 4) is 5.75 Å². The Kier molecular flexibility index (Phi) is 10.2. The maximum Gasteiger partial charge on any atom is 0.357 e. The number of nitrogens with one attached hydrogen (secondary N) is 1. The van der Waals surface area contributed by atoms with Crippen LogP contribution in [-0.2, 0) is 18.4 Å². The molecule has 9 heteroatoms. The molecule has 1 N–H and O–H groups in total. The van der Waals surface area contributed by atoms with E-state index < -0.39 is 19.3 Å². The zero-order valence-electron chi connectivity index (χ0n) is 17.0. The fourth-order valence-corrected chi connectivity index (χ4v) is 5.08. The van der Waals surface area contributed by atoms with Crippen molar-refractivity contribution in [1.29, 1.82) is 0 Å². The Morgan fingerprint density at radius 1 is 1.03 bits per heavy atom. The number of hydrogen-bond acceptors (Lipinski definition) is 5. The lowest BCUT2D eigenvalue weighted by Gasteiger charge is -2.28. The molecule has 0 saturated carbocycles. The van der Waals surface area contributed by atoms with E-state index in [2.05, 4.69) is 5.32 Å². The molecule has 0 aliphatic heterocycles. The highest BCUT2D eigenvalue weighted by Gasteiger charge is 2.38. The van der Waals surface area contributed by atoms with Crippen LogP contribution in [0.2, 0.25) is 10.0 Å². The molecule has 0 heterocycles. The Morgan fingerprint density at radius 3 is 2.23 bits per heavy atom. The maximum absolute atomic E-state index is 13.6. The first-order valence-corrected chi connectivity index (χ1v) is 12.1. The van der Waals surface area contributed by atoms with Gasteiger partial charge in [0.1, 0.15) is 5.75 Å². The topological polar surface area (TPSA) is 73.9 Å². The van der Waals surface area contributed by atoms with Crippen molar-refractivity contribution in [2.24, 2.45) is 0 Å². The molecule has 0 aromatic heterocycles. The molecular formula is C21H26Cl2NO5P. The number of carbonyl (C=O) groups is 1. The summed E-state index contributed by atoms with van der Waals surface area (Å²) in [6.45, 7) is 3.98. The van der Waals surface area contributed by atoms with Crippen molar-refractivity contribution in [3.63, 3.8) is 0 Å². The zero-order valence-corrected chi connectivity index (χ0v) is 19.4. The van der Waals surface area contributed by atoms with Crippen LogP contribution >= 0.6 is 30.8 Å². The van der Waals surface area contributed by atoms with Gasteiger partial charge in [-0.1, -0.05) is 67.4 Å². The molecule has 0 saturated heterocycles. The molecule has 0 aliphatic carbocycles. The highest BCUT2D eigenvalue weighted by molar-refractivity contribution is 7.54. The van der Waals surface area contributed by atoms with Crippen LogP contribution in [0.4, 0.5) is 0 Å². The smallest absolute Gasteiger partial charge is 0.357 e. The lowest BCUT2D eigenvalue weighted by atomic mass is 10.2. The molecule has 6 nitrogen and oxygen atoms in total. The van der Waals surface area contributed by atoms with Gasteiger partial charge in [0.2, 0.25) is 0 Å². The third kappa shape index (κ3) is 7.29. The normalized spacial score (nSPS) is 12.4. The molecule has 1 amide bonds. The molecule has 2 aromatic carbocycles. The maximum atomic E-state index is 13.6. The number of hydrogen-bond donors (Lipinski definition) is 1. The summed E-state index contributed by atoms with van der Waals surface area (Å²) in [5, 5.41) is 3.50. The number of carbonyl (C=O) groups excluding carboxylic acids is 1. The fraction of sp³-hybridized carbons (Fsp3) is 0.381. The largest absolute Gasteiger partial charge is 0.482 e. The predicted octanol–water partition coefficient (Wildman–Crippen LogP) is 6.23. The minimum atomic E-state index is -3.68. The van der Waals surface area contributed by atoms with Gasteiger partial charge in [0, 0.05) is 5.02 Å². The van der Waals surface area contributed by atoms with E-state index in [0.29, 0.717) is 29.2 Å². The number of benzene rings is 2. The second kappa shape index (κ2) is 12.3. The second-order valence-electron chi connectivity index (χ2n) is 6.45. The molecular weight excluding hydrogens is 448 g/mol. The Hall–Kier alpha value is -1.56. The van der Waals surface area contributed by atoms with E-state index in [1.165, 1.54) is 6.07 Å². The van der Waals surface area contributed by atoms with Gasteiger partial charge >= 0.3 is 7.60 Å². The first-order chi connectivity index (χ1) is 14.4. The molecule has 0 spiro atoms. The number of amides is 1. The first kappa shape index (κ1) is 24.7. The van der Waals surface area contributed by atoms with Crippen LogP contribution < -0.4 is 10.1 Å². The highest BCUT2D eigenvalue weighted by atomic mass is 35.5. The Labute approximate surface area is 187 Å². The van der Waals surface area contributed by atoms with Crippen LogP contribution in [0.5, 0.6) is 5.75 Å². The van der Waals surface area contributed by atoms with Crippen LogP contribution in [0.15, 0.2) is 48.5 Å². The third-order valence-corrected chi connectivity index (χ3v) is 6.61. The zero-order chi connectivity index (χ0) is 22.0. The van der Waals surface area contributed by atoms with Gasteiger partial charge in [0.05, 0.1) is 18.2 Å². The van der Waals surface area contributed by atoms with Crippen LogP contribution in [0.25, 0.3) is 0 Å². The molecule has 0 aliphatic rings. The summed E-state index contributed by atoms with van der Waals surface area (Å²) in [7, 11) is -3.68. The Balaban J connectivity index is 2.19. The standard InChI is InChI=1S/C21H26Cl2NO5P/c1-3-12-28-30(26,29-13-4-2)21(16-8-6-5-7-9-16)24-20(25)15-27-19-11-10-17(22)14-18(19)23/h5-11,14,21H,3-4,12-13,15H2,1-2H3,(H,24,25)/t21-/m0/s1. The summed E-state index contributed by atoms with van der Waals surface area (Å²) in [4.78, 5) is 12.6. The van der Waals surface area contributed by atoms with E-state index in [4.69, 9.17) is 37.0 Å². The van der Waals surface area contributed by atoms with E-state index in [1.54, 1.807) is 36.4 Å². The average molecular weight is 474 g/mol. The van der Waals surface area contributed by atoms with Crippen molar-refractivity contribution < 1.29 is 23.1 Å². The van der Waals surface area contributed by atoms with Gasteiger partial charge in [-0.2, -0.15) is 0 Å². The number of halogens is 2. The Bertz CT molecular complexity index is 854. The quantitative estimate of drug-likeness (QED) is 0.369. The molecule has 1 atom stereocenters. The summed E-state index contributed by atoms with van der Waals surface area (Å²) in [6, 6.07) is 13.7. The van der Waals surface area contributed by atoms with E-state index in [1.807, 2.05) is 19.9 Å². The lowest BCUT2D eigenvalue weighted by molar-refractivity contribution is -0.123. The van der Waals surface area contributed by atoms with Gasteiger partial charge in [0.25, 0.3) is 5.91 Å². The molecule has 0 radical (unpaired) electrons. The van der Waals surface area contributed by atoms with E-state index in [9.17, 15) is 9.36 Å². The van der Waals surface area contributed by atoms with Crippen molar-refractivity contribution in [2.45, 2.75) is 32.5 Å². The molecule has 164 valence electrons. The lowest BCUT2D eigenvalue weighted by Crippen LogP contribution is -2.33. The highest BCUT2D eigenvalue weighted by Crippen LogP contribution is 2.59. The summed E-state index contributed by atoms with van der Waals surface area (Å²) in [6.07, 6.45) is 1.32. The van der Waals surface area contributed by atoms with Crippen molar-refractivity contribution in [1.82, 2.24) is 5.32 Å². The number of ether oxygens (including phenoxy) is 1. The monoisotopic (exact) mass is 473 g/mol. The Morgan fingerprint density at radius 2 is 1.67 bits per heavy atom. The number of rotatable bonds is 12. The van der Waals surface area contributed by atoms with Crippen LogP contribution in [0.1, 0.15) is 38.0 Å². The molecule has 2 rings (SSSR count). The van der Waals surface area contributed by atoms with Crippen molar-refractivity contribution in [3.05, 3.63) is 64.1 Å². The van der Waals surface area contributed by atoms with Crippen molar-refractivity contribution in [2.75, 3.05) is 19.8 Å². The van der Waals surface area contributed by atoms with Gasteiger partial charge in [-0.15, -0.1) is 0 Å². The molecule has 2 aromatic rings. The third-order valence-electron chi connectivity index (χ3n) is 3.93. The van der Waals surface area contributed by atoms with E-state index >= 15 is 0 Å². The SMILES string of the molecule is CCCOP(=O)(OCCC)[C@H](NC(=O)COc1ccc(Cl)cc1Cl)c1ccccc1. The van der Waals surface area contributed by atoms with Crippen LogP contribution in [-0.4, -0.2) is 25.7 Å². The minimum Gasteiger partial charge on any atom is -0.482 e. The molecule has 30 heavy (non-hydrogen) atoms. The first-order valence-electron chi connectivity index (χ1n) is 9.70. The average Bonchev–Trinajstić information content (AvgIpc) is 2.74. The fourth-order valence-electron chi connectivity index (χ4n) is 2.53. The van der Waals surface area contributed by atoms with E-state index in [-0.39, 0.29) is 24.8 Å². The van der Waals surface area contributed by atoms with E-state index in [0.717, 1.165) is 0 Å². The minimum absolute atomic E-state index is 0.247. The van der Waals surface area contributed by atoms with Gasteiger partial charge in [-0.3, -0.25) is 9.36 Å². The van der Waals surface area contributed by atoms with Gasteiger partial charge in [0.15, 0.2) is 12.4 Å². The summed E-state index contributed by atoms with van der Waals surface area (Å²) in [5.74, 6) is -1.14. The van der Waals surface area contributed by atoms with Gasteiger partial charge in [-0.05, 0) is 36.6 Å². The predicted molar refractivity (Wildman–Crippen MR) is 119 cm³/mol. The molecule has 0 fully saturated rings.